The van der Waals surface area contributed by atoms with E-state index < -0.39 is 0 Å². The average Bonchev–Trinajstić information content (AvgIpc) is 2.97. The number of amides is 2. The zero-order chi connectivity index (χ0) is 28.5. The second kappa shape index (κ2) is 13.3. The number of carbonyl (C=O) groups excluding carboxylic acids is 2. The number of anilines is 2. The molecule has 2 N–H and O–H groups in total. The monoisotopic (exact) mass is 552 g/mol. The van der Waals surface area contributed by atoms with Crippen LogP contribution >= 0.6 is 11.8 Å². The third-order valence-electron chi connectivity index (χ3n) is 5.92. The molecule has 4 rings (SSSR count). The van der Waals surface area contributed by atoms with Crippen LogP contribution in [-0.4, -0.2) is 36.8 Å². The molecule has 0 aliphatic rings. The van der Waals surface area contributed by atoms with E-state index in [1.165, 1.54) is 18.7 Å². The Hall–Kier alpha value is -4.81. The largest absolute Gasteiger partial charge is 0.497 e. The summed E-state index contributed by atoms with van der Waals surface area (Å²) in [5.41, 5.74) is 4.64. The summed E-state index contributed by atoms with van der Waals surface area (Å²) in [4.78, 5) is 28.7. The number of rotatable bonds is 10. The van der Waals surface area contributed by atoms with Crippen LogP contribution in [0.4, 0.5) is 11.4 Å². The highest BCUT2D eigenvalue weighted by Crippen LogP contribution is 2.40. The molecule has 0 saturated heterocycles. The van der Waals surface area contributed by atoms with Gasteiger partial charge < -0.3 is 20.1 Å². The number of nitrogens with one attached hydrogen (secondary N) is 2. The van der Waals surface area contributed by atoms with Gasteiger partial charge in [0.2, 0.25) is 11.8 Å². The molecular weight excluding hydrogens is 524 g/mol. The van der Waals surface area contributed by atoms with Gasteiger partial charge in [0.1, 0.15) is 22.6 Å². The van der Waals surface area contributed by atoms with E-state index in [2.05, 4.69) is 16.7 Å². The van der Waals surface area contributed by atoms with Gasteiger partial charge in [-0.2, -0.15) is 5.26 Å². The Bertz CT molecular complexity index is 1550. The van der Waals surface area contributed by atoms with E-state index in [0.717, 1.165) is 5.56 Å². The van der Waals surface area contributed by atoms with Crippen molar-refractivity contribution in [2.75, 3.05) is 30.6 Å². The van der Waals surface area contributed by atoms with Crippen molar-refractivity contribution in [3.63, 3.8) is 0 Å². The summed E-state index contributed by atoms with van der Waals surface area (Å²) in [6.07, 6.45) is 0.206. The minimum Gasteiger partial charge on any atom is -0.497 e. The molecule has 4 aromatic rings. The quantitative estimate of drug-likeness (QED) is 0.219. The average molecular weight is 553 g/mol. The zero-order valence-electron chi connectivity index (χ0n) is 22.4. The molecule has 0 radical (unpaired) electrons. The Morgan fingerprint density at radius 2 is 1.60 bits per heavy atom. The molecule has 0 fully saturated rings. The third-order valence-corrected chi connectivity index (χ3v) is 6.90. The van der Waals surface area contributed by atoms with E-state index in [4.69, 9.17) is 14.5 Å². The number of carbonyl (C=O) groups is 2. The van der Waals surface area contributed by atoms with E-state index in [0.29, 0.717) is 56.0 Å². The highest BCUT2D eigenvalue weighted by molar-refractivity contribution is 7.99. The Morgan fingerprint density at radius 1 is 0.900 bits per heavy atom. The molecule has 0 unspecified atom stereocenters. The maximum atomic E-state index is 12.6. The lowest BCUT2D eigenvalue weighted by Crippen LogP contribution is -2.12. The minimum absolute atomic E-state index is 0.163. The number of thioether (sulfide) groups is 1. The standard InChI is InChI=1S/C31H28N4O4S/c1-20(36)33-22-9-11-23(12-10-22)34-30(37)15-16-40-31-27(19-32)25(18-28(35-31)21-7-5-4-6-8-21)26-17-24(38-2)13-14-29(26)39-3/h4-14,17-18H,15-16H2,1-3H3,(H,33,36)(H,34,37). The number of aromatic nitrogens is 1. The fourth-order valence-electron chi connectivity index (χ4n) is 4.03. The first-order valence-electron chi connectivity index (χ1n) is 12.4. The van der Waals surface area contributed by atoms with Crippen LogP contribution < -0.4 is 20.1 Å². The highest BCUT2D eigenvalue weighted by atomic mass is 32.2. The van der Waals surface area contributed by atoms with Gasteiger partial charge in [0.05, 0.1) is 25.5 Å². The minimum atomic E-state index is -0.174. The smallest absolute Gasteiger partial charge is 0.225 e. The number of nitriles is 1. The molecule has 8 nitrogen and oxygen atoms in total. The van der Waals surface area contributed by atoms with Gasteiger partial charge in [0.15, 0.2) is 0 Å². The molecule has 0 atom stereocenters. The first-order chi connectivity index (χ1) is 19.4. The summed E-state index contributed by atoms with van der Waals surface area (Å²) >= 11 is 1.35. The van der Waals surface area contributed by atoms with E-state index in [1.54, 1.807) is 50.6 Å². The summed E-state index contributed by atoms with van der Waals surface area (Å²) in [7, 11) is 3.17. The predicted molar refractivity (Wildman–Crippen MR) is 158 cm³/mol. The molecule has 202 valence electrons. The molecule has 3 aromatic carbocycles. The second-order valence-corrected chi connectivity index (χ2v) is 9.77. The molecule has 0 aliphatic heterocycles. The topological polar surface area (TPSA) is 113 Å². The molecule has 40 heavy (non-hydrogen) atoms. The molecule has 9 heteroatoms. The van der Waals surface area contributed by atoms with Crippen molar-refractivity contribution in [1.29, 1.82) is 5.26 Å². The van der Waals surface area contributed by atoms with Gasteiger partial charge >= 0.3 is 0 Å². The van der Waals surface area contributed by atoms with E-state index in [9.17, 15) is 14.9 Å². The summed E-state index contributed by atoms with van der Waals surface area (Å²) in [6, 6.07) is 26.2. The second-order valence-electron chi connectivity index (χ2n) is 8.68. The van der Waals surface area contributed by atoms with Crippen LogP contribution in [0.3, 0.4) is 0 Å². The van der Waals surface area contributed by atoms with Crippen LogP contribution in [0.15, 0.2) is 83.9 Å². The fraction of sp³-hybridized carbons (Fsp3) is 0.161. The van der Waals surface area contributed by atoms with Crippen LogP contribution in [0.5, 0.6) is 11.5 Å². The number of hydrogen-bond donors (Lipinski definition) is 2. The van der Waals surface area contributed by atoms with Crippen LogP contribution in [0.25, 0.3) is 22.4 Å². The summed E-state index contributed by atoms with van der Waals surface area (Å²) in [5, 5.41) is 16.3. The van der Waals surface area contributed by atoms with Crippen molar-refractivity contribution in [3.05, 3.63) is 84.4 Å². The number of benzene rings is 3. The number of pyridine rings is 1. The Kier molecular flexibility index (Phi) is 9.39. The highest BCUT2D eigenvalue weighted by Gasteiger charge is 2.19. The Balaban J connectivity index is 1.60. The van der Waals surface area contributed by atoms with Crippen LogP contribution in [0, 0.1) is 11.3 Å². The maximum Gasteiger partial charge on any atom is 0.225 e. The first-order valence-corrected chi connectivity index (χ1v) is 13.4. The van der Waals surface area contributed by atoms with E-state index in [1.807, 2.05) is 42.5 Å². The molecule has 0 saturated carbocycles. The number of hydrogen-bond acceptors (Lipinski definition) is 7. The fourth-order valence-corrected chi connectivity index (χ4v) is 4.98. The summed E-state index contributed by atoms with van der Waals surface area (Å²) < 4.78 is 11.0. The molecule has 1 heterocycles. The van der Waals surface area contributed by atoms with E-state index >= 15 is 0 Å². The van der Waals surface area contributed by atoms with Crippen LogP contribution in [0.1, 0.15) is 18.9 Å². The Morgan fingerprint density at radius 3 is 2.23 bits per heavy atom. The number of methoxy groups -OCH3 is 2. The molecule has 1 aromatic heterocycles. The summed E-state index contributed by atoms with van der Waals surface area (Å²) in [5.74, 6) is 1.30. The molecule has 0 spiro atoms. The van der Waals surface area contributed by atoms with Crippen molar-refractivity contribution in [2.45, 2.75) is 18.4 Å². The molecule has 0 aliphatic carbocycles. The predicted octanol–water partition coefficient (Wildman–Crippen LogP) is 6.38. The van der Waals surface area contributed by atoms with Crippen molar-refractivity contribution in [3.8, 4) is 40.0 Å². The lowest BCUT2D eigenvalue weighted by molar-refractivity contribution is -0.116. The van der Waals surface area contributed by atoms with Crippen molar-refractivity contribution < 1.29 is 19.1 Å². The van der Waals surface area contributed by atoms with Gasteiger partial charge in [-0.05, 0) is 48.5 Å². The molecule has 0 bridgehead atoms. The van der Waals surface area contributed by atoms with Crippen molar-refractivity contribution in [2.24, 2.45) is 0 Å². The van der Waals surface area contributed by atoms with Gasteiger partial charge in [-0.15, -0.1) is 11.8 Å². The van der Waals surface area contributed by atoms with Crippen molar-refractivity contribution in [1.82, 2.24) is 4.98 Å². The number of ether oxygens (including phenoxy) is 2. The lowest BCUT2D eigenvalue weighted by atomic mass is 9.98. The Labute approximate surface area is 237 Å². The lowest BCUT2D eigenvalue weighted by Gasteiger charge is -2.15. The zero-order valence-corrected chi connectivity index (χ0v) is 23.2. The van der Waals surface area contributed by atoms with Gasteiger partial charge in [-0.1, -0.05) is 30.3 Å². The number of nitrogens with zero attached hydrogens (tertiary/aromatic N) is 2. The normalized spacial score (nSPS) is 10.3. The van der Waals surface area contributed by atoms with Gasteiger partial charge in [-0.3, -0.25) is 9.59 Å². The maximum absolute atomic E-state index is 12.6. The van der Waals surface area contributed by atoms with Gasteiger partial charge in [0.25, 0.3) is 0 Å². The molecular formula is C31H28N4O4S. The molecule has 2 amide bonds. The van der Waals surface area contributed by atoms with Crippen LogP contribution in [0.2, 0.25) is 0 Å². The van der Waals surface area contributed by atoms with Gasteiger partial charge in [0, 0.05) is 47.2 Å². The van der Waals surface area contributed by atoms with Crippen LogP contribution in [-0.2, 0) is 9.59 Å². The van der Waals surface area contributed by atoms with Gasteiger partial charge in [-0.25, -0.2) is 4.98 Å². The third kappa shape index (κ3) is 6.98. The van der Waals surface area contributed by atoms with Crippen molar-refractivity contribution >= 4 is 35.0 Å². The SMILES string of the molecule is COc1ccc(OC)c(-c2cc(-c3ccccc3)nc(SCCC(=O)Nc3ccc(NC(C)=O)cc3)c2C#N)c1. The first kappa shape index (κ1) is 28.2. The summed E-state index contributed by atoms with van der Waals surface area (Å²) in [6.45, 7) is 1.44. The van der Waals surface area contributed by atoms with E-state index in [-0.39, 0.29) is 18.2 Å².